The molecule has 0 bridgehead atoms. The first-order valence-electron chi connectivity index (χ1n) is 7.28. The van der Waals surface area contributed by atoms with Crippen molar-refractivity contribution in [2.24, 2.45) is 0 Å². The predicted octanol–water partition coefficient (Wildman–Crippen LogP) is 3.96. The number of rotatable bonds is 3. The molecule has 1 aliphatic rings. The lowest BCUT2D eigenvalue weighted by Gasteiger charge is -2.12. The highest BCUT2D eigenvalue weighted by Gasteiger charge is 2.31. The second-order valence-corrected chi connectivity index (χ2v) is 5.46. The number of ether oxygens (including phenoxy) is 1. The number of hydrogen-bond acceptors (Lipinski definition) is 4. The van der Waals surface area contributed by atoms with Gasteiger partial charge in [-0.15, -0.1) is 13.2 Å². The molecular formula is C17H14F3N3O2. The summed E-state index contributed by atoms with van der Waals surface area (Å²) in [6.45, 7) is 1.70. The Balaban J connectivity index is 1.85. The van der Waals surface area contributed by atoms with Crippen LogP contribution in [0.5, 0.6) is 5.75 Å². The Morgan fingerprint density at radius 1 is 1.16 bits per heavy atom. The van der Waals surface area contributed by atoms with Crippen molar-refractivity contribution in [1.82, 2.24) is 0 Å². The fraction of sp³-hybridized carbons (Fsp3) is 0.118. The topological polar surface area (TPSA) is 76.4 Å². The summed E-state index contributed by atoms with van der Waals surface area (Å²) in [4.78, 5) is 12.2. The zero-order valence-electron chi connectivity index (χ0n) is 13.1. The van der Waals surface area contributed by atoms with Crippen LogP contribution in [0.15, 0.2) is 48.2 Å². The average molecular weight is 349 g/mol. The van der Waals surface area contributed by atoms with E-state index in [1.54, 1.807) is 25.1 Å². The van der Waals surface area contributed by atoms with Crippen LogP contribution in [0.2, 0.25) is 0 Å². The Hall–Kier alpha value is -3.16. The number of alkyl halides is 3. The first-order valence-corrected chi connectivity index (χ1v) is 7.28. The van der Waals surface area contributed by atoms with Gasteiger partial charge in [-0.2, -0.15) is 0 Å². The van der Waals surface area contributed by atoms with Gasteiger partial charge in [0.1, 0.15) is 5.75 Å². The molecule has 0 aromatic heterocycles. The van der Waals surface area contributed by atoms with Gasteiger partial charge in [0, 0.05) is 28.3 Å². The van der Waals surface area contributed by atoms with E-state index in [9.17, 15) is 18.0 Å². The van der Waals surface area contributed by atoms with Crippen LogP contribution in [0.3, 0.4) is 0 Å². The number of amides is 1. The SMILES string of the molecule is C/C(Nc1ccc(OC(F)(F)F)cc1)=C1/C(=O)Nc2ccc(N)cc21. The minimum absolute atomic E-state index is 0.275. The second kappa shape index (κ2) is 6.04. The van der Waals surface area contributed by atoms with Crippen molar-refractivity contribution in [1.29, 1.82) is 0 Å². The summed E-state index contributed by atoms with van der Waals surface area (Å²) in [5.74, 6) is -0.595. The van der Waals surface area contributed by atoms with E-state index < -0.39 is 6.36 Å². The van der Waals surface area contributed by atoms with Crippen LogP contribution < -0.4 is 21.1 Å². The molecule has 0 unspecified atom stereocenters. The lowest BCUT2D eigenvalue weighted by atomic mass is 10.0. The molecule has 130 valence electrons. The summed E-state index contributed by atoms with van der Waals surface area (Å²) < 4.78 is 40.3. The molecule has 0 radical (unpaired) electrons. The zero-order valence-corrected chi connectivity index (χ0v) is 13.1. The lowest BCUT2D eigenvalue weighted by Crippen LogP contribution is -2.17. The Morgan fingerprint density at radius 3 is 2.48 bits per heavy atom. The van der Waals surface area contributed by atoms with Gasteiger partial charge in [0.25, 0.3) is 5.91 Å². The number of anilines is 3. The number of allylic oxidation sites excluding steroid dienone is 1. The van der Waals surface area contributed by atoms with E-state index >= 15 is 0 Å². The Morgan fingerprint density at radius 2 is 1.84 bits per heavy atom. The maximum Gasteiger partial charge on any atom is 0.573 e. The summed E-state index contributed by atoms with van der Waals surface area (Å²) in [6, 6.07) is 10.3. The molecule has 0 aliphatic carbocycles. The molecule has 25 heavy (non-hydrogen) atoms. The highest BCUT2D eigenvalue weighted by atomic mass is 19.4. The number of halogens is 3. The third-order valence-electron chi connectivity index (χ3n) is 3.58. The van der Waals surface area contributed by atoms with Crippen molar-refractivity contribution in [3.05, 3.63) is 53.7 Å². The fourth-order valence-electron chi connectivity index (χ4n) is 2.58. The fourth-order valence-corrected chi connectivity index (χ4v) is 2.58. The van der Waals surface area contributed by atoms with Crippen LogP contribution in [0.4, 0.5) is 30.2 Å². The van der Waals surface area contributed by atoms with Gasteiger partial charge in [0.05, 0.1) is 5.57 Å². The number of nitrogens with two attached hydrogens (primary N) is 1. The molecule has 0 saturated carbocycles. The largest absolute Gasteiger partial charge is 0.573 e. The number of hydrogen-bond donors (Lipinski definition) is 3. The van der Waals surface area contributed by atoms with Crippen LogP contribution in [0.1, 0.15) is 12.5 Å². The Bertz CT molecular complexity index is 858. The van der Waals surface area contributed by atoms with E-state index in [0.717, 1.165) is 0 Å². The minimum atomic E-state index is -4.74. The van der Waals surface area contributed by atoms with Crippen molar-refractivity contribution < 1.29 is 22.7 Å². The molecule has 2 aromatic rings. The standard InChI is InChI=1S/C17H14F3N3O2/c1-9(15-13-8-10(21)2-7-14(13)23-16(15)24)22-11-3-5-12(6-4-11)25-17(18,19)20/h2-8,22H,21H2,1H3,(H,23,24)/b15-9-. The first kappa shape index (κ1) is 16.7. The van der Waals surface area contributed by atoms with Gasteiger partial charge in [-0.05, 0) is 49.4 Å². The number of carbonyl (C=O) groups is 1. The number of fused-ring (bicyclic) bond motifs is 1. The number of carbonyl (C=O) groups excluding carboxylic acids is 1. The average Bonchev–Trinajstić information content (AvgIpc) is 2.83. The van der Waals surface area contributed by atoms with Gasteiger partial charge in [-0.3, -0.25) is 4.79 Å². The van der Waals surface area contributed by atoms with E-state index in [-0.39, 0.29) is 11.7 Å². The molecule has 5 nitrogen and oxygen atoms in total. The monoisotopic (exact) mass is 349 g/mol. The summed E-state index contributed by atoms with van der Waals surface area (Å²) >= 11 is 0. The van der Waals surface area contributed by atoms with Crippen LogP contribution in [0.25, 0.3) is 5.57 Å². The molecule has 4 N–H and O–H groups in total. The summed E-state index contributed by atoms with van der Waals surface area (Å²) in [5.41, 5.74) is 9.12. The predicted molar refractivity (Wildman–Crippen MR) is 88.8 cm³/mol. The maximum absolute atomic E-state index is 12.2. The summed E-state index contributed by atoms with van der Waals surface area (Å²) in [6.07, 6.45) is -4.74. The van der Waals surface area contributed by atoms with Crippen LogP contribution in [0, 0.1) is 0 Å². The molecule has 2 aromatic carbocycles. The first-order chi connectivity index (χ1) is 11.7. The number of nitrogen functional groups attached to an aromatic ring is 1. The van der Waals surface area contributed by atoms with Gasteiger partial charge >= 0.3 is 6.36 Å². The van der Waals surface area contributed by atoms with Gasteiger partial charge in [0.2, 0.25) is 0 Å². The molecule has 1 amide bonds. The Kier molecular flexibility index (Phi) is 4.03. The molecule has 1 heterocycles. The highest BCUT2D eigenvalue weighted by molar-refractivity contribution is 6.32. The molecule has 0 atom stereocenters. The number of nitrogens with one attached hydrogen (secondary N) is 2. The van der Waals surface area contributed by atoms with Crippen LogP contribution in [-0.2, 0) is 4.79 Å². The third kappa shape index (κ3) is 3.68. The summed E-state index contributed by atoms with van der Waals surface area (Å²) in [5, 5.41) is 5.74. The van der Waals surface area contributed by atoms with Gasteiger partial charge in [-0.25, -0.2) is 0 Å². The van der Waals surface area contributed by atoms with Gasteiger partial charge in [-0.1, -0.05) is 0 Å². The lowest BCUT2D eigenvalue weighted by molar-refractivity contribution is -0.274. The Labute approximate surface area is 141 Å². The van der Waals surface area contributed by atoms with Crippen LogP contribution >= 0.6 is 0 Å². The molecule has 1 aliphatic heterocycles. The molecule has 8 heteroatoms. The van der Waals surface area contributed by atoms with Crippen molar-refractivity contribution in [3.8, 4) is 5.75 Å². The van der Waals surface area contributed by atoms with E-state index in [1.807, 2.05) is 0 Å². The number of benzene rings is 2. The quantitative estimate of drug-likeness (QED) is 0.579. The van der Waals surface area contributed by atoms with Crippen LogP contribution in [-0.4, -0.2) is 12.3 Å². The second-order valence-electron chi connectivity index (χ2n) is 5.46. The molecule has 0 saturated heterocycles. The normalized spacial score (nSPS) is 15.4. The molecule has 0 fully saturated rings. The summed E-state index contributed by atoms with van der Waals surface area (Å²) in [7, 11) is 0. The van der Waals surface area contributed by atoms with Crippen molar-refractivity contribution in [2.45, 2.75) is 13.3 Å². The molecular weight excluding hydrogens is 335 g/mol. The molecule has 3 rings (SSSR count). The van der Waals surface area contributed by atoms with Gasteiger partial charge < -0.3 is 21.1 Å². The van der Waals surface area contributed by atoms with E-state index in [4.69, 9.17) is 5.73 Å². The minimum Gasteiger partial charge on any atom is -0.406 e. The van der Waals surface area contributed by atoms with E-state index in [2.05, 4.69) is 15.4 Å². The maximum atomic E-state index is 12.2. The van der Waals surface area contributed by atoms with Crippen molar-refractivity contribution in [3.63, 3.8) is 0 Å². The van der Waals surface area contributed by atoms with Crippen molar-refractivity contribution >= 4 is 28.5 Å². The third-order valence-corrected chi connectivity index (χ3v) is 3.58. The van der Waals surface area contributed by atoms with E-state index in [0.29, 0.717) is 33.9 Å². The van der Waals surface area contributed by atoms with Gasteiger partial charge in [0.15, 0.2) is 0 Å². The van der Waals surface area contributed by atoms with E-state index in [1.165, 1.54) is 24.3 Å². The van der Waals surface area contributed by atoms with Crippen molar-refractivity contribution in [2.75, 3.05) is 16.4 Å². The zero-order chi connectivity index (χ0) is 18.2. The molecule has 0 spiro atoms. The smallest absolute Gasteiger partial charge is 0.406 e. The highest BCUT2D eigenvalue weighted by Crippen LogP contribution is 2.35.